The average Bonchev–Trinajstić information content (AvgIpc) is 2.98. The molecule has 3 rings (SSSR count). The van der Waals surface area contributed by atoms with E-state index in [1.165, 1.54) is 9.75 Å². The normalized spacial score (nSPS) is 23.0. The summed E-state index contributed by atoms with van der Waals surface area (Å²) in [5.74, 6) is 0.969. The van der Waals surface area contributed by atoms with Crippen LogP contribution in [-0.2, 0) is 24.9 Å². The number of aliphatic hydroxyl groups is 1. The van der Waals surface area contributed by atoms with E-state index in [-0.39, 0.29) is 0 Å². The lowest BCUT2D eigenvalue weighted by molar-refractivity contribution is 0.0176. The monoisotopic (exact) mass is 262 g/mol. The van der Waals surface area contributed by atoms with Gasteiger partial charge in [-0.2, -0.15) is 0 Å². The molecule has 0 spiro atoms. The van der Waals surface area contributed by atoms with E-state index in [1.807, 2.05) is 17.4 Å². The second-order valence-corrected chi connectivity index (χ2v) is 6.29. The Labute approximate surface area is 111 Å². The summed E-state index contributed by atoms with van der Waals surface area (Å²) in [6.07, 6.45) is 6.27. The van der Waals surface area contributed by atoms with Gasteiger partial charge in [-0.05, 0) is 37.5 Å². The van der Waals surface area contributed by atoms with Crippen LogP contribution in [0.3, 0.4) is 0 Å². The highest BCUT2D eigenvalue weighted by Gasteiger charge is 2.36. The van der Waals surface area contributed by atoms with Crippen LogP contribution in [0.5, 0.6) is 0 Å². The molecule has 18 heavy (non-hydrogen) atoms. The number of furan rings is 1. The van der Waals surface area contributed by atoms with E-state index in [4.69, 9.17) is 4.42 Å². The minimum atomic E-state index is -0.726. The fraction of sp³-hybridized carbons (Fsp3) is 0.467. The molecule has 96 valence electrons. The summed E-state index contributed by atoms with van der Waals surface area (Å²) in [6, 6.07) is 6.25. The Morgan fingerprint density at radius 3 is 2.94 bits per heavy atom. The van der Waals surface area contributed by atoms with Crippen molar-refractivity contribution in [3.8, 4) is 0 Å². The zero-order valence-electron chi connectivity index (χ0n) is 10.6. The van der Waals surface area contributed by atoms with E-state index in [2.05, 4.69) is 19.1 Å². The Hall–Kier alpha value is -1.06. The van der Waals surface area contributed by atoms with Gasteiger partial charge in [-0.1, -0.05) is 6.92 Å². The van der Waals surface area contributed by atoms with Crippen molar-refractivity contribution in [2.75, 3.05) is 0 Å². The fourth-order valence-corrected chi connectivity index (χ4v) is 3.87. The lowest BCUT2D eigenvalue weighted by Crippen LogP contribution is -2.31. The molecule has 1 unspecified atom stereocenters. The zero-order valence-corrected chi connectivity index (χ0v) is 11.4. The number of rotatable bonds is 3. The Balaban J connectivity index is 1.88. The summed E-state index contributed by atoms with van der Waals surface area (Å²) in [6.45, 7) is 2.17. The first-order valence-corrected chi connectivity index (χ1v) is 7.40. The molecule has 1 atom stereocenters. The third-order valence-corrected chi connectivity index (χ3v) is 5.00. The maximum atomic E-state index is 10.9. The predicted octanol–water partition coefficient (Wildman–Crippen LogP) is 3.67. The first-order chi connectivity index (χ1) is 8.71. The molecule has 1 aliphatic rings. The molecule has 0 saturated heterocycles. The zero-order chi connectivity index (χ0) is 12.6. The number of aryl methyl sites for hydroxylation is 2. The van der Waals surface area contributed by atoms with Crippen LogP contribution in [0.15, 0.2) is 28.9 Å². The molecule has 2 heterocycles. The fourth-order valence-electron chi connectivity index (χ4n) is 2.80. The molecule has 1 N–H and O–H groups in total. The van der Waals surface area contributed by atoms with Gasteiger partial charge in [0.2, 0.25) is 0 Å². The Bertz CT molecular complexity index is 540. The van der Waals surface area contributed by atoms with Gasteiger partial charge in [-0.3, -0.25) is 0 Å². The standard InChI is InChI=1S/C15H18O2S/c1-2-11-5-6-12(18-11)10-15(16)8-3-4-14-13(15)7-9-17-14/h5-7,9,16H,2-4,8,10H2,1H3. The molecular weight excluding hydrogens is 244 g/mol. The molecule has 0 saturated carbocycles. The van der Waals surface area contributed by atoms with Gasteiger partial charge >= 0.3 is 0 Å². The molecule has 2 nitrogen and oxygen atoms in total. The highest BCUT2D eigenvalue weighted by atomic mass is 32.1. The van der Waals surface area contributed by atoms with Crippen LogP contribution in [0.25, 0.3) is 0 Å². The minimum absolute atomic E-state index is 0.713. The summed E-state index contributed by atoms with van der Waals surface area (Å²) in [7, 11) is 0. The number of thiophene rings is 1. The van der Waals surface area contributed by atoms with Gasteiger partial charge in [0, 0.05) is 28.2 Å². The van der Waals surface area contributed by atoms with Crippen LogP contribution < -0.4 is 0 Å². The summed E-state index contributed by atoms with van der Waals surface area (Å²) in [5, 5.41) is 10.9. The molecular formula is C15H18O2S. The maximum absolute atomic E-state index is 10.9. The van der Waals surface area contributed by atoms with Crippen molar-refractivity contribution in [1.82, 2.24) is 0 Å². The number of fused-ring (bicyclic) bond motifs is 1. The Morgan fingerprint density at radius 1 is 1.33 bits per heavy atom. The SMILES string of the molecule is CCc1ccc(CC2(O)CCCc3occc32)s1. The Kier molecular flexibility index (Phi) is 3.04. The van der Waals surface area contributed by atoms with Crippen LogP contribution in [0.4, 0.5) is 0 Å². The minimum Gasteiger partial charge on any atom is -0.469 e. The second kappa shape index (κ2) is 4.56. The van der Waals surface area contributed by atoms with E-state index in [0.717, 1.165) is 37.0 Å². The topological polar surface area (TPSA) is 33.4 Å². The van der Waals surface area contributed by atoms with Crippen LogP contribution in [0.1, 0.15) is 40.8 Å². The molecule has 1 aliphatic carbocycles. The highest BCUT2D eigenvalue weighted by Crippen LogP contribution is 2.39. The van der Waals surface area contributed by atoms with E-state index in [1.54, 1.807) is 6.26 Å². The molecule has 0 bridgehead atoms. The molecule has 2 aromatic rings. The summed E-state index contributed by atoms with van der Waals surface area (Å²) in [4.78, 5) is 2.65. The second-order valence-electron chi connectivity index (χ2n) is 5.04. The smallest absolute Gasteiger partial charge is 0.109 e. The van der Waals surface area contributed by atoms with Crippen molar-refractivity contribution in [1.29, 1.82) is 0 Å². The van der Waals surface area contributed by atoms with Gasteiger partial charge in [-0.15, -0.1) is 11.3 Å². The maximum Gasteiger partial charge on any atom is 0.109 e. The van der Waals surface area contributed by atoms with Gasteiger partial charge in [0.05, 0.1) is 11.9 Å². The third-order valence-electron chi connectivity index (χ3n) is 3.77. The molecule has 0 aliphatic heterocycles. The van der Waals surface area contributed by atoms with Gasteiger partial charge in [-0.25, -0.2) is 0 Å². The van der Waals surface area contributed by atoms with E-state index >= 15 is 0 Å². The predicted molar refractivity (Wildman–Crippen MR) is 72.9 cm³/mol. The van der Waals surface area contributed by atoms with E-state index in [0.29, 0.717) is 6.42 Å². The van der Waals surface area contributed by atoms with Gasteiger partial charge in [0.1, 0.15) is 5.76 Å². The van der Waals surface area contributed by atoms with Crippen molar-refractivity contribution < 1.29 is 9.52 Å². The summed E-state index contributed by atoms with van der Waals surface area (Å²) in [5.41, 5.74) is 0.274. The molecule has 2 aromatic heterocycles. The average molecular weight is 262 g/mol. The Morgan fingerprint density at radius 2 is 2.17 bits per heavy atom. The quantitative estimate of drug-likeness (QED) is 0.915. The molecule has 0 amide bonds. The molecule has 0 fully saturated rings. The van der Waals surface area contributed by atoms with Crippen molar-refractivity contribution in [2.45, 2.75) is 44.6 Å². The van der Waals surface area contributed by atoms with Crippen molar-refractivity contribution >= 4 is 11.3 Å². The van der Waals surface area contributed by atoms with Gasteiger partial charge < -0.3 is 9.52 Å². The summed E-state index contributed by atoms with van der Waals surface area (Å²) < 4.78 is 5.46. The van der Waals surface area contributed by atoms with E-state index in [9.17, 15) is 5.11 Å². The lowest BCUT2D eigenvalue weighted by Gasteiger charge is -2.31. The first-order valence-electron chi connectivity index (χ1n) is 6.58. The summed E-state index contributed by atoms with van der Waals surface area (Å²) >= 11 is 1.81. The third kappa shape index (κ3) is 2.02. The van der Waals surface area contributed by atoms with Crippen LogP contribution in [0, 0.1) is 0 Å². The van der Waals surface area contributed by atoms with Crippen LogP contribution in [-0.4, -0.2) is 5.11 Å². The van der Waals surface area contributed by atoms with Crippen molar-refractivity contribution in [3.05, 3.63) is 45.5 Å². The van der Waals surface area contributed by atoms with Gasteiger partial charge in [0.25, 0.3) is 0 Å². The highest BCUT2D eigenvalue weighted by molar-refractivity contribution is 7.12. The first kappa shape index (κ1) is 12.0. The largest absolute Gasteiger partial charge is 0.469 e. The van der Waals surface area contributed by atoms with Gasteiger partial charge in [0.15, 0.2) is 0 Å². The molecule has 3 heteroatoms. The molecule has 0 radical (unpaired) electrons. The van der Waals surface area contributed by atoms with E-state index < -0.39 is 5.60 Å². The number of hydrogen-bond donors (Lipinski definition) is 1. The number of hydrogen-bond acceptors (Lipinski definition) is 3. The van der Waals surface area contributed by atoms with Crippen LogP contribution >= 0.6 is 11.3 Å². The molecule has 0 aromatic carbocycles. The van der Waals surface area contributed by atoms with Crippen molar-refractivity contribution in [3.63, 3.8) is 0 Å². The van der Waals surface area contributed by atoms with Crippen LogP contribution in [0.2, 0.25) is 0 Å². The van der Waals surface area contributed by atoms with Crippen molar-refractivity contribution in [2.24, 2.45) is 0 Å². The lowest BCUT2D eigenvalue weighted by atomic mass is 9.80.